The summed E-state index contributed by atoms with van der Waals surface area (Å²) in [6, 6.07) is 9.69. The lowest BCUT2D eigenvalue weighted by Crippen LogP contribution is -2.49. The number of aromatic nitrogens is 2. The highest BCUT2D eigenvalue weighted by molar-refractivity contribution is 5.75. The zero-order valence-electron chi connectivity index (χ0n) is 16.9. The molecular weight excluding hydrogens is 334 g/mol. The fourth-order valence-corrected chi connectivity index (χ4v) is 6.68. The molecule has 3 aliphatic carbocycles. The maximum absolute atomic E-state index is 12.5. The van der Waals surface area contributed by atoms with Crippen LogP contribution >= 0.6 is 0 Å². The fraction of sp³-hybridized carbons (Fsp3) is 0.696. The topological polar surface area (TPSA) is 49.8 Å². The van der Waals surface area contributed by atoms with Gasteiger partial charge in [-0.2, -0.15) is 0 Å². The summed E-state index contributed by atoms with van der Waals surface area (Å²) in [5.41, 5.74) is 2.98. The van der Waals surface area contributed by atoms with E-state index in [2.05, 4.69) is 37.1 Å². The van der Waals surface area contributed by atoms with Crippen molar-refractivity contribution in [3.05, 3.63) is 34.7 Å². The zero-order chi connectivity index (χ0) is 18.8. The molecule has 0 amide bonds. The predicted molar refractivity (Wildman–Crippen MR) is 110 cm³/mol. The van der Waals surface area contributed by atoms with Crippen LogP contribution in [0.4, 0.5) is 0 Å². The summed E-state index contributed by atoms with van der Waals surface area (Å²) in [6.07, 6.45) is 8.68. The first-order valence-corrected chi connectivity index (χ1v) is 10.9. The monoisotopic (exact) mass is 367 g/mol. The molecule has 3 saturated carbocycles. The predicted octanol–water partition coefficient (Wildman–Crippen LogP) is 4.62. The Kier molecular flexibility index (Phi) is 3.88. The van der Waals surface area contributed by atoms with Crippen molar-refractivity contribution in [2.24, 2.45) is 16.7 Å². The van der Waals surface area contributed by atoms with Crippen molar-refractivity contribution in [1.82, 2.24) is 14.9 Å². The highest BCUT2D eigenvalue weighted by Gasteiger charge is 2.61. The summed E-state index contributed by atoms with van der Waals surface area (Å²) in [6.45, 7) is 7.51. The molecular formula is C23H33N3O. The van der Waals surface area contributed by atoms with Crippen molar-refractivity contribution in [1.29, 1.82) is 0 Å². The lowest BCUT2D eigenvalue weighted by Gasteiger charge is -2.42. The second kappa shape index (κ2) is 5.97. The van der Waals surface area contributed by atoms with Crippen LogP contribution in [0.3, 0.4) is 0 Å². The number of fused-ring (bicyclic) bond motifs is 3. The number of aromatic amines is 1. The maximum Gasteiger partial charge on any atom is 0.326 e. The molecule has 0 spiro atoms. The molecule has 2 aromatic rings. The van der Waals surface area contributed by atoms with Crippen LogP contribution in [-0.2, 0) is 0 Å². The van der Waals surface area contributed by atoms with Crippen molar-refractivity contribution in [2.75, 3.05) is 0 Å². The molecule has 5 rings (SSSR count). The quantitative estimate of drug-likeness (QED) is 0.832. The van der Waals surface area contributed by atoms with E-state index in [9.17, 15) is 4.79 Å². The molecule has 1 aromatic heterocycles. The molecule has 1 aromatic carbocycles. The van der Waals surface area contributed by atoms with Gasteiger partial charge in [-0.3, -0.25) is 4.57 Å². The van der Waals surface area contributed by atoms with E-state index in [-0.39, 0.29) is 5.69 Å². The average Bonchev–Trinajstić information content (AvgIpc) is 3.16. The summed E-state index contributed by atoms with van der Waals surface area (Å²) in [5, 5.41) is 4.07. The molecule has 0 aliphatic heterocycles. The third-order valence-electron chi connectivity index (χ3n) is 8.92. The number of H-pyrrole nitrogens is 1. The number of rotatable bonds is 3. The van der Waals surface area contributed by atoms with Crippen molar-refractivity contribution in [3.8, 4) is 0 Å². The van der Waals surface area contributed by atoms with Crippen LogP contribution in [-0.4, -0.2) is 21.6 Å². The van der Waals surface area contributed by atoms with Gasteiger partial charge in [0.1, 0.15) is 0 Å². The first-order chi connectivity index (χ1) is 12.9. The van der Waals surface area contributed by atoms with Gasteiger partial charge in [-0.15, -0.1) is 0 Å². The van der Waals surface area contributed by atoms with Crippen molar-refractivity contribution in [2.45, 2.75) is 83.8 Å². The van der Waals surface area contributed by atoms with Gasteiger partial charge in [0.15, 0.2) is 0 Å². The largest absolute Gasteiger partial charge is 0.326 e. The number of imidazole rings is 1. The SMILES string of the molecule is CC1(C)C2CCC1(C)C(NC1CCC(n3c(=O)[nH]c4ccccc43)CC1)C2. The number of hydrogen-bond acceptors (Lipinski definition) is 2. The highest BCUT2D eigenvalue weighted by Crippen LogP contribution is 2.65. The standard InChI is InChI=1S/C23H33N3O/c1-22(2)15-12-13-23(22,3)20(14-15)24-16-8-10-17(11-9-16)26-19-7-5-4-6-18(19)25-21(26)27/h4-7,15-17,20,24H,8-14H2,1-3H3,(H,25,27). The van der Waals surface area contributed by atoms with E-state index >= 15 is 0 Å². The second-order valence-corrected chi connectivity index (χ2v) is 10.2. The zero-order valence-corrected chi connectivity index (χ0v) is 16.9. The average molecular weight is 368 g/mol. The molecule has 2 N–H and O–H groups in total. The van der Waals surface area contributed by atoms with Crippen LogP contribution in [0, 0.1) is 16.7 Å². The Morgan fingerprint density at radius 1 is 1.07 bits per heavy atom. The fourth-order valence-electron chi connectivity index (χ4n) is 6.68. The van der Waals surface area contributed by atoms with Crippen molar-refractivity contribution in [3.63, 3.8) is 0 Å². The van der Waals surface area contributed by atoms with Crippen LogP contribution in [0.1, 0.15) is 71.8 Å². The van der Waals surface area contributed by atoms with Crippen LogP contribution < -0.4 is 11.0 Å². The third-order valence-corrected chi connectivity index (χ3v) is 8.92. The Balaban J connectivity index is 1.27. The van der Waals surface area contributed by atoms with Gasteiger partial charge in [0.2, 0.25) is 0 Å². The minimum atomic E-state index is 0.0509. The molecule has 2 bridgehead atoms. The first-order valence-electron chi connectivity index (χ1n) is 10.9. The van der Waals surface area contributed by atoms with E-state index in [1.807, 2.05) is 22.8 Å². The second-order valence-electron chi connectivity index (χ2n) is 10.2. The number of nitrogens with one attached hydrogen (secondary N) is 2. The van der Waals surface area contributed by atoms with Gasteiger partial charge in [0.05, 0.1) is 11.0 Å². The molecule has 3 atom stereocenters. The molecule has 1 heterocycles. The van der Waals surface area contributed by atoms with Gasteiger partial charge >= 0.3 is 5.69 Å². The molecule has 3 aliphatic rings. The lowest BCUT2D eigenvalue weighted by molar-refractivity contribution is 0.109. The summed E-state index contributed by atoms with van der Waals surface area (Å²) in [5.74, 6) is 0.890. The Labute approximate surface area is 161 Å². The van der Waals surface area contributed by atoms with E-state index in [0.29, 0.717) is 29.0 Å². The summed E-state index contributed by atoms with van der Waals surface area (Å²) in [4.78, 5) is 15.5. The minimum absolute atomic E-state index is 0.0509. The van der Waals surface area contributed by atoms with Gasteiger partial charge in [-0.05, 0) is 73.8 Å². The first kappa shape index (κ1) is 17.5. The molecule has 146 valence electrons. The Morgan fingerprint density at radius 2 is 1.81 bits per heavy atom. The Hall–Kier alpha value is -1.55. The third kappa shape index (κ3) is 2.48. The number of benzene rings is 1. The number of para-hydroxylation sites is 2. The molecule has 3 fully saturated rings. The van der Waals surface area contributed by atoms with Crippen LogP contribution in [0.5, 0.6) is 0 Å². The van der Waals surface area contributed by atoms with E-state index in [1.165, 1.54) is 32.1 Å². The highest BCUT2D eigenvalue weighted by atomic mass is 16.1. The molecule has 4 nitrogen and oxygen atoms in total. The maximum atomic E-state index is 12.5. The molecule has 27 heavy (non-hydrogen) atoms. The Morgan fingerprint density at radius 3 is 2.48 bits per heavy atom. The van der Waals surface area contributed by atoms with Crippen LogP contribution in [0.2, 0.25) is 0 Å². The molecule has 3 unspecified atom stereocenters. The van der Waals surface area contributed by atoms with E-state index in [4.69, 9.17) is 0 Å². The van der Waals surface area contributed by atoms with E-state index in [1.54, 1.807) is 0 Å². The van der Waals surface area contributed by atoms with Crippen LogP contribution in [0.15, 0.2) is 29.1 Å². The van der Waals surface area contributed by atoms with Crippen LogP contribution in [0.25, 0.3) is 11.0 Å². The van der Waals surface area contributed by atoms with Gasteiger partial charge in [-0.25, -0.2) is 4.79 Å². The summed E-state index contributed by atoms with van der Waals surface area (Å²) < 4.78 is 2.01. The molecule has 0 radical (unpaired) electrons. The summed E-state index contributed by atoms with van der Waals surface area (Å²) >= 11 is 0. The van der Waals surface area contributed by atoms with Gasteiger partial charge in [0.25, 0.3) is 0 Å². The van der Waals surface area contributed by atoms with Crippen molar-refractivity contribution >= 4 is 11.0 Å². The Bertz CT molecular complexity index is 902. The minimum Gasteiger partial charge on any atom is -0.311 e. The number of hydrogen-bond donors (Lipinski definition) is 2. The van der Waals surface area contributed by atoms with Gasteiger partial charge < -0.3 is 10.3 Å². The van der Waals surface area contributed by atoms with Gasteiger partial charge in [0, 0.05) is 18.1 Å². The van der Waals surface area contributed by atoms with E-state index in [0.717, 1.165) is 29.8 Å². The number of nitrogens with zero attached hydrogens (tertiary/aromatic N) is 1. The normalized spacial score (nSPS) is 37.9. The summed E-state index contributed by atoms with van der Waals surface area (Å²) in [7, 11) is 0. The lowest BCUT2D eigenvalue weighted by atomic mass is 9.69. The van der Waals surface area contributed by atoms with E-state index < -0.39 is 0 Å². The van der Waals surface area contributed by atoms with Gasteiger partial charge in [-0.1, -0.05) is 32.9 Å². The molecule has 0 saturated heterocycles. The smallest absolute Gasteiger partial charge is 0.311 e. The van der Waals surface area contributed by atoms with Crippen molar-refractivity contribution < 1.29 is 0 Å². The molecule has 4 heteroatoms.